The maximum atomic E-state index is 5.75. The van der Waals surface area contributed by atoms with Crippen molar-refractivity contribution in [3.05, 3.63) is 0 Å². The van der Waals surface area contributed by atoms with E-state index in [1.807, 2.05) is 0 Å². The average molecular weight is 255 g/mol. The van der Waals surface area contributed by atoms with Crippen LogP contribution in [-0.2, 0) is 4.74 Å². The van der Waals surface area contributed by atoms with Crippen LogP contribution in [0.25, 0.3) is 0 Å². The Morgan fingerprint density at radius 2 is 2.11 bits per heavy atom. The average Bonchev–Trinajstić information content (AvgIpc) is 2.79. The fourth-order valence-electron chi connectivity index (χ4n) is 2.95. The summed E-state index contributed by atoms with van der Waals surface area (Å²) in [5.74, 6) is 0.744. The summed E-state index contributed by atoms with van der Waals surface area (Å²) in [5, 5.41) is 3.64. The first kappa shape index (κ1) is 16.0. The summed E-state index contributed by atoms with van der Waals surface area (Å²) < 4.78 is 5.75. The van der Waals surface area contributed by atoms with Crippen LogP contribution in [0.15, 0.2) is 0 Å². The van der Waals surface area contributed by atoms with Gasteiger partial charge in [-0.25, -0.2) is 0 Å². The first-order chi connectivity index (χ1) is 8.56. The lowest BCUT2D eigenvalue weighted by molar-refractivity contribution is 0.0875. The molecule has 1 N–H and O–H groups in total. The monoisotopic (exact) mass is 255 g/mol. The Hall–Kier alpha value is -0.0800. The minimum atomic E-state index is 0.454. The van der Waals surface area contributed by atoms with Gasteiger partial charge in [0.2, 0.25) is 0 Å². The third-order valence-electron chi connectivity index (χ3n) is 4.05. The first-order valence-electron chi connectivity index (χ1n) is 7.88. The molecule has 1 heterocycles. The van der Waals surface area contributed by atoms with Crippen LogP contribution in [0, 0.1) is 11.3 Å². The molecule has 0 spiro atoms. The van der Waals surface area contributed by atoms with Gasteiger partial charge in [-0.1, -0.05) is 34.1 Å². The van der Waals surface area contributed by atoms with Gasteiger partial charge in [0.25, 0.3) is 0 Å². The minimum absolute atomic E-state index is 0.454. The lowest BCUT2D eigenvalue weighted by Gasteiger charge is -2.31. The van der Waals surface area contributed by atoms with Crippen molar-refractivity contribution in [3.63, 3.8) is 0 Å². The standard InChI is InChI=1S/C16H33NO/c1-5-9-16(4,13-17-12-14(2)3)10-8-15-7-6-11-18-15/h14-15,17H,5-13H2,1-4H3. The van der Waals surface area contributed by atoms with Crippen LogP contribution in [0.2, 0.25) is 0 Å². The highest BCUT2D eigenvalue weighted by Gasteiger charge is 2.25. The Bertz CT molecular complexity index is 211. The zero-order valence-corrected chi connectivity index (χ0v) is 12.9. The van der Waals surface area contributed by atoms with Crippen molar-refractivity contribution in [1.82, 2.24) is 5.32 Å². The Kier molecular flexibility index (Phi) is 7.25. The van der Waals surface area contributed by atoms with E-state index in [1.54, 1.807) is 0 Å². The van der Waals surface area contributed by atoms with E-state index in [2.05, 4.69) is 33.0 Å². The summed E-state index contributed by atoms with van der Waals surface area (Å²) in [5.41, 5.74) is 0.454. The normalized spacial score (nSPS) is 23.5. The molecule has 1 rings (SSSR count). The third kappa shape index (κ3) is 6.19. The van der Waals surface area contributed by atoms with Crippen molar-refractivity contribution in [2.75, 3.05) is 19.7 Å². The summed E-state index contributed by atoms with van der Waals surface area (Å²) in [6.07, 6.45) is 8.25. The smallest absolute Gasteiger partial charge is 0.0576 e. The zero-order valence-electron chi connectivity index (χ0n) is 12.9. The molecule has 2 unspecified atom stereocenters. The molecule has 108 valence electrons. The molecule has 0 aliphatic carbocycles. The van der Waals surface area contributed by atoms with Crippen molar-refractivity contribution in [2.45, 2.75) is 72.3 Å². The molecule has 1 aliphatic heterocycles. The van der Waals surface area contributed by atoms with Crippen LogP contribution >= 0.6 is 0 Å². The fourth-order valence-corrected chi connectivity index (χ4v) is 2.95. The van der Waals surface area contributed by atoms with Gasteiger partial charge in [-0.15, -0.1) is 0 Å². The van der Waals surface area contributed by atoms with Crippen molar-refractivity contribution >= 4 is 0 Å². The minimum Gasteiger partial charge on any atom is -0.378 e. The molecular weight excluding hydrogens is 222 g/mol. The van der Waals surface area contributed by atoms with Crippen molar-refractivity contribution in [2.24, 2.45) is 11.3 Å². The zero-order chi connectivity index (χ0) is 13.4. The number of hydrogen-bond donors (Lipinski definition) is 1. The summed E-state index contributed by atoms with van der Waals surface area (Å²) >= 11 is 0. The molecule has 2 nitrogen and oxygen atoms in total. The van der Waals surface area contributed by atoms with Gasteiger partial charge < -0.3 is 10.1 Å². The molecule has 18 heavy (non-hydrogen) atoms. The second-order valence-electron chi connectivity index (χ2n) is 6.76. The molecule has 0 aromatic rings. The quantitative estimate of drug-likeness (QED) is 0.672. The highest BCUT2D eigenvalue weighted by atomic mass is 16.5. The Morgan fingerprint density at radius 3 is 2.67 bits per heavy atom. The highest BCUT2D eigenvalue weighted by molar-refractivity contribution is 4.79. The van der Waals surface area contributed by atoms with Crippen LogP contribution in [0.5, 0.6) is 0 Å². The number of rotatable bonds is 9. The Balaban J connectivity index is 2.30. The van der Waals surface area contributed by atoms with Gasteiger partial charge in [0, 0.05) is 13.2 Å². The fraction of sp³-hybridized carbons (Fsp3) is 1.00. The first-order valence-corrected chi connectivity index (χ1v) is 7.88. The van der Waals surface area contributed by atoms with Crippen molar-refractivity contribution < 1.29 is 4.74 Å². The van der Waals surface area contributed by atoms with Crippen LogP contribution in [0.1, 0.15) is 66.2 Å². The molecule has 0 aromatic heterocycles. The summed E-state index contributed by atoms with van der Waals surface area (Å²) in [7, 11) is 0. The van der Waals surface area contributed by atoms with E-state index in [-0.39, 0.29) is 0 Å². The second kappa shape index (κ2) is 8.16. The molecule has 2 atom stereocenters. The van der Waals surface area contributed by atoms with Crippen LogP contribution in [0.3, 0.4) is 0 Å². The van der Waals surface area contributed by atoms with E-state index in [9.17, 15) is 0 Å². The second-order valence-corrected chi connectivity index (χ2v) is 6.76. The van der Waals surface area contributed by atoms with E-state index in [0.29, 0.717) is 11.5 Å². The summed E-state index contributed by atoms with van der Waals surface area (Å²) in [4.78, 5) is 0. The van der Waals surface area contributed by atoms with Crippen LogP contribution < -0.4 is 5.32 Å². The van der Waals surface area contributed by atoms with Crippen LogP contribution in [0.4, 0.5) is 0 Å². The molecule has 2 heteroatoms. The maximum absolute atomic E-state index is 5.75. The molecule has 0 amide bonds. The topological polar surface area (TPSA) is 21.3 Å². The highest BCUT2D eigenvalue weighted by Crippen LogP contribution is 2.31. The van der Waals surface area contributed by atoms with E-state index in [1.165, 1.54) is 38.5 Å². The Morgan fingerprint density at radius 1 is 1.33 bits per heavy atom. The van der Waals surface area contributed by atoms with Gasteiger partial charge in [-0.3, -0.25) is 0 Å². The molecule has 1 aliphatic rings. The van der Waals surface area contributed by atoms with Gasteiger partial charge >= 0.3 is 0 Å². The van der Waals surface area contributed by atoms with E-state index in [4.69, 9.17) is 4.74 Å². The van der Waals surface area contributed by atoms with Gasteiger partial charge in [0.1, 0.15) is 0 Å². The molecule has 1 fully saturated rings. The molecule has 0 aromatic carbocycles. The number of nitrogens with one attached hydrogen (secondary N) is 1. The molecule has 0 bridgehead atoms. The van der Waals surface area contributed by atoms with Crippen LogP contribution in [-0.4, -0.2) is 25.8 Å². The van der Waals surface area contributed by atoms with E-state index in [0.717, 1.165) is 25.6 Å². The largest absolute Gasteiger partial charge is 0.378 e. The van der Waals surface area contributed by atoms with Gasteiger partial charge in [-0.2, -0.15) is 0 Å². The molecule has 0 radical (unpaired) electrons. The Labute approximate surface area is 114 Å². The number of ether oxygens (including phenoxy) is 1. The van der Waals surface area contributed by atoms with E-state index >= 15 is 0 Å². The SMILES string of the molecule is CCCC(C)(CCC1CCCO1)CNCC(C)C. The van der Waals surface area contributed by atoms with E-state index < -0.39 is 0 Å². The van der Waals surface area contributed by atoms with Crippen molar-refractivity contribution in [1.29, 1.82) is 0 Å². The maximum Gasteiger partial charge on any atom is 0.0576 e. The summed E-state index contributed by atoms with van der Waals surface area (Å²) in [6.45, 7) is 12.6. The van der Waals surface area contributed by atoms with Gasteiger partial charge in [-0.05, 0) is 50.0 Å². The van der Waals surface area contributed by atoms with Gasteiger partial charge in [0.15, 0.2) is 0 Å². The van der Waals surface area contributed by atoms with Crippen molar-refractivity contribution in [3.8, 4) is 0 Å². The lowest BCUT2D eigenvalue weighted by atomic mass is 9.80. The predicted octanol–water partition coefficient (Wildman–Crippen LogP) is 4.00. The predicted molar refractivity (Wildman–Crippen MR) is 78.9 cm³/mol. The summed E-state index contributed by atoms with van der Waals surface area (Å²) in [6, 6.07) is 0. The molecule has 0 saturated carbocycles. The molecular formula is C16H33NO. The third-order valence-corrected chi connectivity index (χ3v) is 4.05. The number of hydrogen-bond acceptors (Lipinski definition) is 2. The lowest BCUT2D eigenvalue weighted by Crippen LogP contribution is -2.34. The van der Waals surface area contributed by atoms with Gasteiger partial charge in [0.05, 0.1) is 6.10 Å². The molecule has 1 saturated heterocycles.